The van der Waals surface area contributed by atoms with Gasteiger partial charge >= 0.3 is 5.97 Å². The number of carboxylic acids is 1. The zero-order valence-corrected chi connectivity index (χ0v) is 21.3. The van der Waals surface area contributed by atoms with Crippen molar-refractivity contribution in [2.45, 2.75) is 27.2 Å². The normalized spacial score (nSPS) is 17.2. The van der Waals surface area contributed by atoms with Crippen LogP contribution in [0.5, 0.6) is 17.2 Å². The van der Waals surface area contributed by atoms with Gasteiger partial charge in [0.15, 0.2) is 16.7 Å². The summed E-state index contributed by atoms with van der Waals surface area (Å²) in [5.74, 6) is -1.48. The topological polar surface area (TPSA) is 109 Å². The van der Waals surface area contributed by atoms with Crippen LogP contribution in [0, 0.1) is 11.3 Å². The van der Waals surface area contributed by atoms with Crippen molar-refractivity contribution in [2.75, 3.05) is 20.8 Å². The molecule has 2 aromatic rings. The first kappa shape index (κ1) is 26.2. The van der Waals surface area contributed by atoms with Gasteiger partial charge in [-0.15, -0.1) is 0 Å². The van der Waals surface area contributed by atoms with Gasteiger partial charge in [-0.1, -0.05) is 39.0 Å². The highest BCUT2D eigenvalue weighted by Crippen LogP contribution is 2.40. The molecule has 1 atom stereocenters. The van der Waals surface area contributed by atoms with E-state index in [0.717, 1.165) is 0 Å². The fraction of sp³-hybridized carbons (Fsp3) is 0.346. The second-order valence-corrected chi connectivity index (χ2v) is 10.1. The molecule has 1 fully saturated rings. The van der Waals surface area contributed by atoms with Crippen LogP contribution in [0.4, 0.5) is 5.69 Å². The highest BCUT2D eigenvalue weighted by molar-refractivity contribution is 8.18. The molecule has 1 unspecified atom stereocenters. The van der Waals surface area contributed by atoms with Crippen molar-refractivity contribution in [3.63, 3.8) is 0 Å². The lowest BCUT2D eigenvalue weighted by atomic mass is 9.79. The van der Waals surface area contributed by atoms with Crippen molar-refractivity contribution in [1.82, 2.24) is 4.90 Å². The van der Waals surface area contributed by atoms with Gasteiger partial charge in [0.2, 0.25) is 5.75 Å². The number of amides is 1. The smallest absolute Gasteiger partial charge is 0.307 e. The summed E-state index contributed by atoms with van der Waals surface area (Å²) in [7, 11) is 2.86. The first-order valence-electron chi connectivity index (χ1n) is 11.1. The van der Waals surface area contributed by atoms with Crippen LogP contribution < -0.4 is 9.47 Å². The molecule has 0 saturated carbocycles. The van der Waals surface area contributed by atoms with Crippen LogP contribution in [-0.2, 0) is 9.59 Å². The summed E-state index contributed by atoms with van der Waals surface area (Å²) in [6.07, 6.45) is 1.96. The molecule has 9 heteroatoms. The molecular formula is C26H30N2O6S. The maximum atomic E-state index is 13.4. The minimum atomic E-state index is -0.891. The van der Waals surface area contributed by atoms with Crippen molar-refractivity contribution >= 4 is 40.6 Å². The number of carbonyl (C=O) groups is 2. The highest BCUT2D eigenvalue weighted by atomic mass is 32.2. The second kappa shape index (κ2) is 10.9. The second-order valence-electron chi connectivity index (χ2n) is 9.12. The van der Waals surface area contributed by atoms with Gasteiger partial charge in [-0.25, -0.2) is 4.99 Å². The molecule has 1 heterocycles. The molecule has 8 nitrogen and oxygen atoms in total. The first-order chi connectivity index (χ1) is 16.5. The van der Waals surface area contributed by atoms with Crippen LogP contribution >= 0.6 is 11.8 Å². The summed E-state index contributed by atoms with van der Waals surface area (Å²) < 4.78 is 10.4. The van der Waals surface area contributed by atoms with E-state index < -0.39 is 17.3 Å². The lowest BCUT2D eigenvalue weighted by Gasteiger charge is -2.28. The summed E-state index contributed by atoms with van der Waals surface area (Å²) in [6.45, 7) is 5.85. The van der Waals surface area contributed by atoms with Gasteiger partial charge in [0, 0.05) is 6.54 Å². The maximum Gasteiger partial charge on any atom is 0.307 e. The van der Waals surface area contributed by atoms with Crippen molar-refractivity contribution < 1.29 is 29.3 Å². The molecule has 0 aromatic heterocycles. The maximum absolute atomic E-state index is 13.4. The fourth-order valence-corrected chi connectivity index (χ4v) is 4.76. The van der Waals surface area contributed by atoms with Gasteiger partial charge in [-0.05, 0) is 59.5 Å². The molecule has 2 aromatic carbocycles. The van der Waals surface area contributed by atoms with E-state index in [1.54, 1.807) is 18.2 Å². The molecule has 1 aliphatic rings. The molecule has 0 radical (unpaired) electrons. The van der Waals surface area contributed by atoms with E-state index >= 15 is 0 Å². The Balaban J connectivity index is 1.98. The van der Waals surface area contributed by atoms with E-state index in [2.05, 4.69) is 4.99 Å². The Labute approximate surface area is 209 Å². The number of aliphatic carboxylic acids is 1. The van der Waals surface area contributed by atoms with E-state index in [-0.39, 0.29) is 36.1 Å². The predicted molar refractivity (Wildman–Crippen MR) is 137 cm³/mol. The lowest BCUT2D eigenvalue weighted by Crippen LogP contribution is -2.36. The van der Waals surface area contributed by atoms with E-state index in [4.69, 9.17) is 9.47 Å². The lowest BCUT2D eigenvalue weighted by molar-refractivity contribution is -0.146. The molecule has 1 amide bonds. The SMILES string of the molecule is COc1cc(C=C2SC(=Nc3ccccc3)N(CCC(C(=O)O)C(C)(C)C)C2=O)cc(OC)c1O. The number of carbonyl (C=O) groups excluding carboxylic acids is 1. The Morgan fingerprint density at radius 1 is 1.14 bits per heavy atom. The molecule has 0 spiro atoms. The number of ether oxygens (including phenoxy) is 2. The number of amidine groups is 1. The van der Waals surface area contributed by atoms with Crippen molar-refractivity contribution in [3.05, 3.63) is 52.9 Å². The Bertz CT molecular complexity index is 1130. The Hall–Kier alpha value is -3.46. The van der Waals surface area contributed by atoms with Crippen LogP contribution in [0.3, 0.4) is 0 Å². The van der Waals surface area contributed by atoms with Gasteiger partial charge in [0.25, 0.3) is 5.91 Å². The van der Waals surface area contributed by atoms with Crippen LogP contribution in [0.2, 0.25) is 0 Å². The number of para-hydroxylation sites is 1. The third kappa shape index (κ3) is 6.16. The van der Waals surface area contributed by atoms with Gasteiger partial charge in [0.1, 0.15) is 0 Å². The third-order valence-corrected chi connectivity index (χ3v) is 6.66. The van der Waals surface area contributed by atoms with Crippen molar-refractivity contribution in [2.24, 2.45) is 16.3 Å². The number of rotatable bonds is 8. The summed E-state index contributed by atoms with van der Waals surface area (Å²) in [5, 5.41) is 20.4. The number of carboxylic acid groups (broad SMARTS) is 1. The van der Waals surface area contributed by atoms with E-state index in [1.807, 2.05) is 51.1 Å². The van der Waals surface area contributed by atoms with E-state index in [0.29, 0.717) is 21.3 Å². The molecule has 1 saturated heterocycles. The number of aliphatic imine (C=N–C) groups is 1. The van der Waals surface area contributed by atoms with Crippen LogP contribution in [-0.4, -0.2) is 52.9 Å². The van der Waals surface area contributed by atoms with Gasteiger partial charge < -0.3 is 19.7 Å². The minimum absolute atomic E-state index is 0.127. The standard InChI is InChI=1S/C26H30N2O6S/c1-26(2,3)18(24(31)32)11-12-28-23(30)21(35-25(28)27-17-9-7-6-8-10-17)15-16-13-19(33-4)22(29)20(14-16)34-5/h6-10,13-15,18,29H,11-12H2,1-5H3,(H,31,32). The van der Waals surface area contributed by atoms with Gasteiger partial charge in [-0.2, -0.15) is 0 Å². The summed E-state index contributed by atoms with van der Waals surface area (Å²) >= 11 is 1.21. The van der Waals surface area contributed by atoms with Gasteiger partial charge in [0.05, 0.1) is 30.7 Å². The molecule has 35 heavy (non-hydrogen) atoms. The summed E-state index contributed by atoms with van der Waals surface area (Å²) in [6, 6.07) is 12.5. The molecular weight excluding hydrogens is 468 g/mol. The van der Waals surface area contributed by atoms with Crippen molar-refractivity contribution in [1.29, 1.82) is 0 Å². The molecule has 2 N–H and O–H groups in total. The number of aromatic hydroxyl groups is 1. The number of thioether (sulfide) groups is 1. The van der Waals surface area contributed by atoms with Crippen LogP contribution in [0.1, 0.15) is 32.8 Å². The summed E-state index contributed by atoms with van der Waals surface area (Å²) in [4.78, 5) is 31.9. The summed E-state index contributed by atoms with van der Waals surface area (Å²) in [5.41, 5.74) is 0.829. The quantitative estimate of drug-likeness (QED) is 0.485. The number of phenolic OH excluding ortho intramolecular Hbond substituents is 1. The average molecular weight is 499 g/mol. The number of nitrogens with zero attached hydrogens (tertiary/aromatic N) is 2. The molecule has 0 bridgehead atoms. The molecule has 3 rings (SSSR count). The van der Waals surface area contributed by atoms with E-state index in [9.17, 15) is 19.8 Å². The number of benzene rings is 2. The zero-order valence-electron chi connectivity index (χ0n) is 20.4. The van der Waals surface area contributed by atoms with Crippen molar-refractivity contribution in [3.8, 4) is 17.2 Å². The van der Waals surface area contributed by atoms with Gasteiger partial charge in [-0.3, -0.25) is 14.5 Å². The minimum Gasteiger partial charge on any atom is -0.502 e. The zero-order chi connectivity index (χ0) is 25.8. The Morgan fingerprint density at radius 2 is 1.74 bits per heavy atom. The fourth-order valence-electron chi connectivity index (χ4n) is 3.74. The number of hydrogen-bond donors (Lipinski definition) is 2. The first-order valence-corrected chi connectivity index (χ1v) is 11.9. The Kier molecular flexibility index (Phi) is 8.11. The third-order valence-electron chi connectivity index (χ3n) is 5.65. The average Bonchev–Trinajstić information content (AvgIpc) is 3.08. The predicted octanol–water partition coefficient (Wildman–Crippen LogP) is 5.15. The largest absolute Gasteiger partial charge is 0.502 e. The Morgan fingerprint density at radius 3 is 2.26 bits per heavy atom. The molecule has 1 aliphatic heterocycles. The molecule has 186 valence electrons. The van der Waals surface area contributed by atoms with Crippen LogP contribution in [0.15, 0.2) is 52.4 Å². The van der Waals surface area contributed by atoms with Crippen LogP contribution in [0.25, 0.3) is 6.08 Å². The number of hydrogen-bond acceptors (Lipinski definition) is 7. The number of methoxy groups -OCH3 is 2. The van der Waals surface area contributed by atoms with E-state index in [1.165, 1.54) is 30.9 Å². The number of phenols is 1. The monoisotopic (exact) mass is 498 g/mol. The molecule has 0 aliphatic carbocycles. The highest BCUT2D eigenvalue weighted by Gasteiger charge is 2.37.